The molecule has 0 radical (unpaired) electrons. The van der Waals surface area contributed by atoms with E-state index < -0.39 is 11.9 Å². The number of carbonyl (C=O) groups excluding carboxylic acids is 2. The smallest absolute Gasteiger partial charge is 0.312 e. The lowest BCUT2D eigenvalue weighted by molar-refractivity contribution is -0.115. The highest BCUT2D eigenvalue weighted by atomic mass is 35.5. The Labute approximate surface area is 103 Å². The lowest BCUT2D eigenvalue weighted by Gasteiger charge is -2.10. The Bertz CT molecular complexity index is 437. The van der Waals surface area contributed by atoms with Crippen LogP contribution in [0.15, 0.2) is 18.2 Å². The standard InChI is InChI=1S/C10H12ClN3O3/c1-17-8-3-2-6(11)4-7(8)14-9(15)5-13-10(12)16/h2-4H,5H2,1H3,(H,14,15)(H3,12,13,16). The minimum absolute atomic E-state index is 0.217. The Hall–Kier alpha value is -1.95. The van der Waals surface area contributed by atoms with Crippen molar-refractivity contribution in [1.82, 2.24) is 5.32 Å². The molecule has 0 aliphatic heterocycles. The number of hydrogen-bond acceptors (Lipinski definition) is 3. The molecular formula is C10H12ClN3O3. The zero-order valence-electron chi connectivity index (χ0n) is 9.12. The van der Waals surface area contributed by atoms with Crippen molar-refractivity contribution >= 4 is 29.2 Å². The van der Waals surface area contributed by atoms with Crippen molar-refractivity contribution in [2.45, 2.75) is 0 Å². The lowest BCUT2D eigenvalue weighted by Crippen LogP contribution is -2.36. The first kappa shape index (κ1) is 13.1. The molecule has 7 heteroatoms. The van der Waals surface area contributed by atoms with Crippen LogP contribution in [0, 0.1) is 0 Å². The highest BCUT2D eigenvalue weighted by Crippen LogP contribution is 2.27. The van der Waals surface area contributed by atoms with Crippen LogP contribution >= 0.6 is 11.6 Å². The van der Waals surface area contributed by atoms with Gasteiger partial charge >= 0.3 is 6.03 Å². The van der Waals surface area contributed by atoms with Gasteiger partial charge in [-0.05, 0) is 18.2 Å². The second-order valence-electron chi connectivity index (χ2n) is 3.11. The zero-order valence-corrected chi connectivity index (χ0v) is 9.88. The number of amides is 3. The third-order valence-electron chi connectivity index (χ3n) is 1.86. The van der Waals surface area contributed by atoms with Crippen molar-refractivity contribution in [3.05, 3.63) is 23.2 Å². The van der Waals surface area contributed by atoms with E-state index in [2.05, 4.69) is 10.6 Å². The van der Waals surface area contributed by atoms with Gasteiger partial charge in [0.25, 0.3) is 0 Å². The van der Waals surface area contributed by atoms with Crippen LogP contribution < -0.4 is 21.1 Å². The van der Waals surface area contributed by atoms with Gasteiger partial charge in [0.15, 0.2) is 0 Å². The number of nitrogens with one attached hydrogen (secondary N) is 2. The average Bonchev–Trinajstić information content (AvgIpc) is 2.27. The first-order valence-electron chi connectivity index (χ1n) is 4.69. The summed E-state index contributed by atoms with van der Waals surface area (Å²) in [7, 11) is 1.47. The second kappa shape index (κ2) is 5.95. The molecule has 1 aromatic carbocycles. The number of nitrogens with two attached hydrogens (primary N) is 1. The molecule has 17 heavy (non-hydrogen) atoms. The lowest BCUT2D eigenvalue weighted by atomic mass is 10.3. The zero-order chi connectivity index (χ0) is 12.8. The minimum Gasteiger partial charge on any atom is -0.495 e. The van der Waals surface area contributed by atoms with Crippen LogP contribution in [0.2, 0.25) is 5.02 Å². The van der Waals surface area contributed by atoms with Gasteiger partial charge in [0, 0.05) is 5.02 Å². The average molecular weight is 258 g/mol. The number of primary amides is 1. The molecule has 0 fully saturated rings. The summed E-state index contributed by atoms with van der Waals surface area (Å²) < 4.78 is 5.04. The minimum atomic E-state index is -0.766. The van der Waals surface area contributed by atoms with E-state index in [1.54, 1.807) is 18.2 Å². The van der Waals surface area contributed by atoms with E-state index in [1.807, 2.05) is 0 Å². The largest absolute Gasteiger partial charge is 0.495 e. The Balaban J connectivity index is 2.69. The Morgan fingerprint density at radius 2 is 2.18 bits per heavy atom. The number of urea groups is 1. The summed E-state index contributed by atoms with van der Waals surface area (Å²) in [6.07, 6.45) is 0. The van der Waals surface area contributed by atoms with Crippen LogP contribution in [0.3, 0.4) is 0 Å². The number of hydrogen-bond donors (Lipinski definition) is 3. The summed E-state index contributed by atoms with van der Waals surface area (Å²) in [5, 5.41) is 5.17. The molecule has 92 valence electrons. The molecule has 0 aliphatic rings. The van der Waals surface area contributed by atoms with Gasteiger partial charge in [-0.1, -0.05) is 11.6 Å². The van der Waals surface area contributed by atoms with Crippen molar-refractivity contribution in [3.8, 4) is 5.75 Å². The van der Waals surface area contributed by atoms with Crippen molar-refractivity contribution in [2.75, 3.05) is 19.0 Å². The summed E-state index contributed by atoms with van der Waals surface area (Å²) >= 11 is 5.79. The normalized spacial score (nSPS) is 9.53. The fourth-order valence-electron chi connectivity index (χ4n) is 1.14. The van der Waals surface area contributed by atoms with Crippen molar-refractivity contribution in [3.63, 3.8) is 0 Å². The summed E-state index contributed by atoms with van der Waals surface area (Å²) in [6, 6.07) is 4.04. The van der Waals surface area contributed by atoms with E-state index in [1.165, 1.54) is 7.11 Å². The highest BCUT2D eigenvalue weighted by molar-refractivity contribution is 6.31. The maximum absolute atomic E-state index is 11.4. The van der Waals surface area contributed by atoms with E-state index in [4.69, 9.17) is 22.1 Å². The molecule has 0 atom stereocenters. The summed E-state index contributed by atoms with van der Waals surface area (Å²) in [5.41, 5.74) is 5.27. The van der Waals surface area contributed by atoms with Gasteiger partial charge < -0.3 is 21.1 Å². The predicted molar refractivity (Wildman–Crippen MR) is 64.2 cm³/mol. The number of anilines is 1. The van der Waals surface area contributed by atoms with Crippen LogP contribution in [-0.2, 0) is 4.79 Å². The Kier molecular flexibility index (Phi) is 4.59. The molecule has 0 spiro atoms. The number of halogens is 1. The molecule has 6 nitrogen and oxygen atoms in total. The molecule has 0 heterocycles. The molecule has 1 aromatic rings. The summed E-state index contributed by atoms with van der Waals surface area (Å²) in [4.78, 5) is 21.8. The Morgan fingerprint density at radius 3 is 2.76 bits per heavy atom. The van der Waals surface area contributed by atoms with Gasteiger partial charge in [0.2, 0.25) is 5.91 Å². The van der Waals surface area contributed by atoms with Gasteiger partial charge in [0.1, 0.15) is 5.75 Å². The third kappa shape index (κ3) is 4.20. The molecule has 0 aromatic heterocycles. The van der Waals surface area contributed by atoms with E-state index >= 15 is 0 Å². The molecular weight excluding hydrogens is 246 g/mol. The van der Waals surface area contributed by atoms with Gasteiger partial charge in [-0.25, -0.2) is 4.79 Å². The summed E-state index contributed by atoms with van der Waals surface area (Å²) in [6.45, 7) is -0.217. The van der Waals surface area contributed by atoms with Gasteiger partial charge in [-0.15, -0.1) is 0 Å². The third-order valence-corrected chi connectivity index (χ3v) is 2.09. The summed E-state index contributed by atoms with van der Waals surface area (Å²) in [5.74, 6) is 0.0474. The van der Waals surface area contributed by atoms with Crippen LogP contribution in [0.5, 0.6) is 5.75 Å². The molecule has 0 unspecified atom stereocenters. The number of rotatable bonds is 4. The number of methoxy groups -OCH3 is 1. The molecule has 0 aliphatic carbocycles. The molecule has 0 bridgehead atoms. The van der Waals surface area contributed by atoms with Gasteiger partial charge in [-0.2, -0.15) is 0 Å². The quantitative estimate of drug-likeness (QED) is 0.750. The van der Waals surface area contributed by atoms with E-state index in [0.29, 0.717) is 16.5 Å². The van der Waals surface area contributed by atoms with Crippen LogP contribution in [-0.4, -0.2) is 25.6 Å². The molecule has 3 amide bonds. The Morgan fingerprint density at radius 1 is 1.47 bits per heavy atom. The highest BCUT2D eigenvalue weighted by Gasteiger charge is 2.08. The SMILES string of the molecule is COc1ccc(Cl)cc1NC(=O)CNC(N)=O. The topological polar surface area (TPSA) is 93.4 Å². The van der Waals surface area contributed by atoms with Crippen molar-refractivity contribution < 1.29 is 14.3 Å². The first-order chi connectivity index (χ1) is 8.02. The van der Waals surface area contributed by atoms with Crippen LogP contribution in [0.4, 0.5) is 10.5 Å². The first-order valence-corrected chi connectivity index (χ1v) is 5.07. The van der Waals surface area contributed by atoms with Gasteiger partial charge in [0.05, 0.1) is 19.3 Å². The number of benzene rings is 1. The second-order valence-corrected chi connectivity index (χ2v) is 3.55. The van der Waals surface area contributed by atoms with Crippen molar-refractivity contribution in [2.24, 2.45) is 5.73 Å². The van der Waals surface area contributed by atoms with E-state index in [9.17, 15) is 9.59 Å². The van der Waals surface area contributed by atoms with Gasteiger partial charge in [-0.3, -0.25) is 4.79 Å². The van der Waals surface area contributed by atoms with Crippen LogP contribution in [0.25, 0.3) is 0 Å². The maximum atomic E-state index is 11.4. The number of carbonyl (C=O) groups is 2. The van der Waals surface area contributed by atoms with Crippen LogP contribution in [0.1, 0.15) is 0 Å². The number of ether oxygens (including phenoxy) is 1. The fraction of sp³-hybridized carbons (Fsp3) is 0.200. The molecule has 1 rings (SSSR count). The fourth-order valence-corrected chi connectivity index (χ4v) is 1.31. The van der Waals surface area contributed by atoms with E-state index in [0.717, 1.165) is 0 Å². The monoisotopic (exact) mass is 257 g/mol. The molecule has 0 saturated carbocycles. The van der Waals surface area contributed by atoms with Crippen molar-refractivity contribution in [1.29, 1.82) is 0 Å². The molecule has 0 saturated heterocycles. The predicted octanol–water partition coefficient (Wildman–Crippen LogP) is 0.955. The molecule has 4 N–H and O–H groups in total. The maximum Gasteiger partial charge on any atom is 0.312 e. The van der Waals surface area contributed by atoms with E-state index in [-0.39, 0.29) is 6.54 Å².